The van der Waals surface area contributed by atoms with E-state index in [2.05, 4.69) is 276 Å². The average Bonchev–Trinajstić information content (AvgIpc) is 0.723. The molecule has 112 heavy (non-hydrogen) atoms. The van der Waals surface area contributed by atoms with Crippen molar-refractivity contribution in [2.24, 2.45) is 0 Å². The molecule has 0 spiro atoms. The number of ether oxygens (including phenoxy) is 8. The van der Waals surface area contributed by atoms with Gasteiger partial charge in [0.05, 0.1) is 46.7 Å². The van der Waals surface area contributed by atoms with Crippen LogP contribution in [0.1, 0.15) is 350 Å². The van der Waals surface area contributed by atoms with E-state index >= 15 is 0 Å². The van der Waals surface area contributed by atoms with Crippen LogP contribution in [0.5, 0.6) is 46.0 Å². The first-order valence-electron chi connectivity index (χ1n) is 43.5. The van der Waals surface area contributed by atoms with Gasteiger partial charge in [-0.15, -0.1) is 0 Å². The number of rotatable bonds is 32. The zero-order valence-corrected chi connectivity index (χ0v) is 70.8. The minimum atomic E-state index is -0.212. The van der Waals surface area contributed by atoms with Crippen LogP contribution in [-0.4, -0.2) is 70.9 Å². The molecule has 0 aromatic heterocycles. The summed E-state index contributed by atoms with van der Waals surface area (Å²) in [4.78, 5) is 10.1. The first kappa shape index (κ1) is 82.0. The molecule has 1 aliphatic carbocycles. The van der Waals surface area contributed by atoms with Crippen molar-refractivity contribution in [1.82, 2.24) is 19.6 Å². The van der Waals surface area contributed by atoms with Crippen LogP contribution in [-0.2, 0) is 26.2 Å². The monoisotopic (exact) mass is 1520 g/mol. The molecule has 0 amide bonds. The molecule has 0 radical (unpaired) electrons. The maximum atomic E-state index is 7.78. The second-order valence-corrected chi connectivity index (χ2v) is 34.1. The van der Waals surface area contributed by atoms with Crippen LogP contribution in [0.4, 0.5) is 0 Å². The first-order chi connectivity index (χ1) is 54.4. The highest BCUT2D eigenvalue weighted by atomic mass is 16.5. The second kappa shape index (κ2) is 38.0. The Hall–Kier alpha value is -8.00. The summed E-state index contributed by atoms with van der Waals surface area (Å²) in [6.45, 7) is 40.5. The van der Waals surface area contributed by atoms with E-state index in [4.69, 9.17) is 37.9 Å². The maximum absolute atomic E-state index is 7.78. The molecule has 5 aliphatic rings. The van der Waals surface area contributed by atoms with Gasteiger partial charge in [0.1, 0.15) is 72.9 Å². The zero-order chi connectivity index (χ0) is 78.7. The minimum absolute atomic E-state index is 0.0359. The van der Waals surface area contributed by atoms with Gasteiger partial charge >= 0.3 is 0 Å². The Morgan fingerprint density at radius 3 is 0.652 bits per heavy atom. The van der Waals surface area contributed by atoms with E-state index < -0.39 is 0 Å². The molecule has 12 nitrogen and oxygen atoms in total. The summed E-state index contributed by atoms with van der Waals surface area (Å²) < 4.78 is 62.1. The van der Waals surface area contributed by atoms with Gasteiger partial charge in [-0.25, -0.2) is 0 Å². The quantitative estimate of drug-likeness (QED) is 0.0376. The Labute approximate surface area is 673 Å². The fourth-order valence-electron chi connectivity index (χ4n) is 18.5. The maximum Gasteiger partial charge on any atom is 0.142 e. The highest BCUT2D eigenvalue weighted by Gasteiger charge is 2.44. The van der Waals surface area contributed by atoms with E-state index in [1.165, 1.54) is 66.8 Å². The third-order valence-corrected chi connectivity index (χ3v) is 24.6. The Bertz CT molecular complexity index is 3820. The molecule has 600 valence electrons. The zero-order valence-electron chi connectivity index (χ0n) is 70.8. The van der Waals surface area contributed by atoms with Gasteiger partial charge in [-0.1, -0.05) is 226 Å². The summed E-state index contributed by atoms with van der Waals surface area (Å²) in [6, 6.07) is 54.6. The van der Waals surface area contributed by atoms with Gasteiger partial charge < -0.3 is 37.9 Å². The lowest BCUT2D eigenvalue weighted by atomic mass is 9.74. The minimum Gasteiger partial charge on any atom is -0.490 e. The highest BCUT2D eigenvalue weighted by molar-refractivity contribution is 5.70. The van der Waals surface area contributed by atoms with Crippen LogP contribution in [0.3, 0.4) is 0 Å². The van der Waals surface area contributed by atoms with E-state index in [-0.39, 0.29) is 72.3 Å². The largest absolute Gasteiger partial charge is 0.490 e. The van der Waals surface area contributed by atoms with Crippen LogP contribution < -0.4 is 37.9 Å². The molecule has 4 aliphatic heterocycles. The topological polar surface area (TPSA) is 86.8 Å². The molecule has 8 atom stereocenters. The molecular formula is C100H132N4O8. The lowest BCUT2D eigenvalue weighted by Crippen LogP contribution is -2.36. The van der Waals surface area contributed by atoms with E-state index in [0.29, 0.717) is 53.1 Å². The Kier molecular flexibility index (Phi) is 27.8. The van der Waals surface area contributed by atoms with Crippen molar-refractivity contribution in [3.63, 3.8) is 0 Å². The molecule has 0 N–H and O–H groups in total. The number of fused-ring (bicyclic) bond motifs is 16. The Morgan fingerprint density at radius 2 is 0.473 bits per heavy atom. The summed E-state index contributed by atoms with van der Waals surface area (Å²) in [7, 11) is 0. The van der Waals surface area contributed by atoms with Crippen molar-refractivity contribution in [3.05, 3.63) is 235 Å². The van der Waals surface area contributed by atoms with Gasteiger partial charge in [0.15, 0.2) is 0 Å². The predicted molar refractivity (Wildman–Crippen MR) is 456 cm³/mol. The SMILES string of the molecule is CCCCC[C@@H]1c2cc(c(OC(C)C)c3c2OCN([C@@H](C)c2ccccc2)C3)[C@H](CCCCC)c2cc(c(OC(C)C)c3c2OCN([C@@H](C)c2ccccc2)C3)[C@H](CCCCC)c2cc(c(OC(C)C)c3c2OCN([C@@H](C)c2ccccc2)C3)[C@H](CCCCC)c2cc1c(OC(C)C)c1c2OCN([C@@H](C)c2ccccc2)C1. The van der Waals surface area contributed by atoms with Crippen LogP contribution >= 0.6 is 0 Å². The van der Waals surface area contributed by atoms with Crippen molar-refractivity contribution in [1.29, 1.82) is 0 Å². The number of hydrogen-bond acceptors (Lipinski definition) is 12. The van der Waals surface area contributed by atoms with Gasteiger partial charge in [0.2, 0.25) is 0 Å². The van der Waals surface area contributed by atoms with Crippen LogP contribution in [0.25, 0.3) is 0 Å². The van der Waals surface area contributed by atoms with Gasteiger partial charge in [0.25, 0.3) is 0 Å². The normalized spacial score (nSPS) is 19.0. The fourth-order valence-corrected chi connectivity index (χ4v) is 18.5. The molecule has 12 heteroatoms. The molecule has 4 heterocycles. The van der Waals surface area contributed by atoms with Crippen molar-refractivity contribution < 1.29 is 37.9 Å². The highest BCUT2D eigenvalue weighted by Crippen LogP contribution is 2.60. The lowest BCUT2D eigenvalue weighted by molar-refractivity contribution is 0.0567. The second-order valence-electron chi connectivity index (χ2n) is 34.1. The van der Waals surface area contributed by atoms with Crippen molar-refractivity contribution in [2.45, 2.75) is 312 Å². The molecule has 0 saturated carbocycles. The molecular weight excluding hydrogens is 1390 g/mol. The molecule has 13 rings (SSSR count). The van der Waals surface area contributed by atoms with Gasteiger partial charge in [-0.2, -0.15) is 0 Å². The van der Waals surface area contributed by atoms with E-state index in [9.17, 15) is 0 Å². The predicted octanol–water partition coefficient (Wildman–Crippen LogP) is 25.7. The summed E-state index contributed by atoms with van der Waals surface area (Å²) >= 11 is 0. The van der Waals surface area contributed by atoms with E-state index in [1.807, 2.05) is 0 Å². The molecule has 0 fully saturated rings. The third-order valence-electron chi connectivity index (χ3n) is 24.6. The number of unbranched alkanes of at least 4 members (excludes halogenated alkanes) is 8. The number of benzene rings is 8. The van der Waals surface area contributed by atoms with Crippen molar-refractivity contribution in [3.8, 4) is 46.0 Å². The fraction of sp³-hybridized carbons (Fsp3) is 0.520. The van der Waals surface area contributed by atoms with Crippen LogP contribution in [0, 0.1) is 0 Å². The molecule has 8 aromatic carbocycles. The van der Waals surface area contributed by atoms with Crippen LogP contribution in [0.2, 0.25) is 0 Å². The molecule has 8 bridgehead atoms. The Balaban J connectivity index is 1.23. The van der Waals surface area contributed by atoms with Crippen LogP contribution in [0.15, 0.2) is 146 Å². The average molecular weight is 1520 g/mol. The third kappa shape index (κ3) is 18.1. The molecule has 0 saturated heterocycles. The van der Waals surface area contributed by atoms with E-state index in [1.54, 1.807) is 0 Å². The standard InChI is InChI=1S/C100H132N4O8/c1-17-21-29-49-77-81-53-86(98(110-66(7)8)89-57-101(61-105-93(81)89)69(13)73-41-33-25-34-42-73)79(51-31-23-19-3)83-55-88(100(112-68(11)12)91-59-103(63-107-95(83)91)71(15)75-45-37-27-38-46-75)80(52-32-24-20-4)84-56-87(99(111-67(9)10)92-60-104(64-108-96(84)92)72(16)76-47-39-28-40-48-76)78(50-30-22-18-2)82-54-85(77)97(109-65(5)6)90-58-102(62-106-94(82)90)70(14)74-43-35-26-36-44-74/h25-28,33-48,53-56,65-72,77-80H,17-24,29-32,49-52,57-64H2,1-16H3/t69-,70-,71-,72-,77+,78+,79+,80+/m0/s1. The summed E-state index contributed by atoms with van der Waals surface area (Å²) in [5.74, 6) is 6.54. The van der Waals surface area contributed by atoms with Gasteiger partial charge in [-0.05, 0) is 155 Å². The number of hydrogen-bond donors (Lipinski definition) is 0. The number of nitrogens with zero attached hydrogens (tertiary/aromatic N) is 4. The van der Waals surface area contributed by atoms with Crippen molar-refractivity contribution in [2.75, 3.05) is 26.9 Å². The molecule has 8 aromatic rings. The molecule has 0 unspecified atom stereocenters. The van der Waals surface area contributed by atoms with E-state index in [0.717, 1.165) is 171 Å². The Morgan fingerprint density at radius 1 is 0.277 bits per heavy atom. The lowest BCUT2D eigenvalue weighted by Gasteiger charge is -2.41. The summed E-state index contributed by atoms with van der Waals surface area (Å²) in [5, 5.41) is 0. The first-order valence-corrected chi connectivity index (χ1v) is 43.5. The van der Waals surface area contributed by atoms with Gasteiger partial charge in [-0.3, -0.25) is 19.6 Å². The summed E-state index contributed by atoms with van der Waals surface area (Å²) in [6.07, 6.45) is 15.3. The smallest absolute Gasteiger partial charge is 0.142 e. The summed E-state index contributed by atoms with van der Waals surface area (Å²) in [5.41, 5.74) is 18.9. The van der Waals surface area contributed by atoms with Gasteiger partial charge in [0, 0.05) is 119 Å². The van der Waals surface area contributed by atoms with Crippen molar-refractivity contribution >= 4 is 0 Å².